The maximum Gasteiger partial charge on any atom is 2.00 e. The van der Waals surface area contributed by atoms with Crippen molar-refractivity contribution in [3.8, 4) is 0 Å². The van der Waals surface area contributed by atoms with Gasteiger partial charge in [-0.3, -0.25) is 0 Å². The van der Waals surface area contributed by atoms with Crippen molar-refractivity contribution in [3.05, 3.63) is 28.3 Å². The zero-order valence-corrected chi connectivity index (χ0v) is 9.47. The molecule has 0 saturated carbocycles. The van der Waals surface area contributed by atoms with Gasteiger partial charge in [-0.1, -0.05) is 39.5 Å². The van der Waals surface area contributed by atoms with E-state index in [0.717, 1.165) is 0 Å². The number of fused-ring (bicyclic) bond motifs is 1. The van der Waals surface area contributed by atoms with Crippen molar-refractivity contribution in [1.82, 2.24) is 0 Å². The topological polar surface area (TPSA) is 0 Å². The largest absolute Gasteiger partial charge is 2.00 e. The van der Waals surface area contributed by atoms with Crippen LogP contribution in [-0.2, 0) is 34.6 Å². The average Bonchev–Trinajstić information content (AvgIpc) is 2.30. The van der Waals surface area contributed by atoms with Gasteiger partial charge in [0.1, 0.15) is 0 Å². The van der Waals surface area contributed by atoms with Crippen molar-refractivity contribution in [2.75, 3.05) is 0 Å². The summed E-state index contributed by atoms with van der Waals surface area (Å²) in [6.07, 6.45) is 5.45. The number of aryl methyl sites for hydroxylation is 2. The van der Waals surface area contributed by atoms with Crippen LogP contribution in [0.1, 0.15) is 35.1 Å². The van der Waals surface area contributed by atoms with Gasteiger partial charge in [-0.25, -0.2) is 6.07 Å². The second-order valence-electron chi connectivity index (χ2n) is 3.66. The molecule has 1 heteroatoms. The van der Waals surface area contributed by atoms with E-state index in [4.69, 9.17) is 0 Å². The Balaban J connectivity index is 0.000000720. The summed E-state index contributed by atoms with van der Waals surface area (Å²) in [5.41, 5.74) is 6.34. The molecule has 0 atom stereocenters. The first-order chi connectivity index (χ1) is 5.29. The van der Waals surface area contributed by atoms with Crippen molar-refractivity contribution in [3.63, 3.8) is 0 Å². The molecule has 62 valence electrons. The SMILES string of the molecule is Cc1cc2c([c-]1C)CCCC2.[Ti+2]. The van der Waals surface area contributed by atoms with E-state index in [1.54, 1.807) is 16.7 Å². The summed E-state index contributed by atoms with van der Waals surface area (Å²) in [5.74, 6) is 0. The number of hydrogen-bond acceptors (Lipinski definition) is 0. The second kappa shape index (κ2) is 3.85. The summed E-state index contributed by atoms with van der Waals surface area (Å²) >= 11 is 0. The van der Waals surface area contributed by atoms with Crippen molar-refractivity contribution in [2.45, 2.75) is 39.5 Å². The van der Waals surface area contributed by atoms with Crippen LogP contribution in [0.25, 0.3) is 0 Å². The maximum atomic E-state index is 2.38. The number of rotatable bonds is 0. The van der Waals surface area contributed by atoms with E-state index < -0.39 is 0 Å². The van der Waals surface area contributed by atoms with E-state index in [-0.39, 0.29) is 21.7 Å². The minimum atomic E-state index is 0. The Bertz CT molecular complexity index is 271. The molecule has 0 saturated heterocycles. The van der Waals surface area contributed by atoms with E-state index in [0.29, 0.717) is 0 Å². The van der Waals surface area contributed by atoms with Gasteiger partial charge in [0.25, 0.3) is 0 Å². The van der Waals surface area contributed by atoms with Gasteiger partial charge in [-0.05, 0) is 0 Å². The van der Waals surface area contributed by atoms with Gasteiger partial charge < -0.3 is 0 Å². The Morgan fingerprint density at radius 1 is 1.25 bits per heavy atom. The standard InChI is InChI=1S/C11H15.Ti/c1-8-7-10-5-3-4-6-11(10)9(8)2;/h7H,3-6H2,1-2H3;/q-1;+2. The fourth-order valence-electron chi connectivity index (χ4n) is 2.12. The molecule has 0 amide bonds. The molecule has 0 bridgehead atoms. The van der Waals surface area contributed by atoms with E-state index in [1.807, 2.05) is 0 Å². The molecule has 0 radical (unpaired) electrons. The van der Waals surface area contributed by atoms with Crippen molar-refractivity contribution >= 4 is 0 Å². The molecule has 0 aliphatic heterocycles. The molecular weight excluding hydrogens is 180 g/mol. The predicted octanol–water partition coefficient (Wildman–Crippen LogP) is 2.90. The van der Waals surface area contributed by atoms with Crippen LogP contribution in [0.2, 0.25) is 0 Å². The smallest absolute Gasteiger partial charge is 0.207 e. The van der Waals surface area contributed by atoms with Crippen LogP contribution < -0.4 is 0 Å². The van der Waals surface area contributed by atoms with Crippen LogP contribution in [0, 0.1) is 13.8 Å². The van der Waals surface area contributed by atoms with Gasteiger partial charge in [-0.15, -0.1) is 0 Å². The van der Waals surface area contributed by atoms with E-state index in [9.17, 15) is 0 Å². The van der Waals surface area contributed by atoms with Crippen LogP contribution in [0.15, 0.2) is 6.07 Å². The first kappa shape index (κ1) is 10.1. The van der Waals surface area contributed by atoms with Crippen LogP contribution in [0.3, 0.4) is 0 Å². The molecule has 0 N–H and O–H groups in total. The summed E-state index contributed by atoms with van der Waals surface area (Å²) in [7, 11) is 0. The molecule has 0 unspecified atom stereocenters. The monoisotopic (exact) mass is 195 g/mol. The molecule has 0 nitrogen and oxygen atoms in total. The zero-order valence-electron chi connectivity index (χ0n) is 7.91. The Hall–Kier alpha value is 0.0643. The number of hydrogen-bond donors (Lipinski definition) is 0. The van der Waals surface area contributed by atoms with Gasteiger partial charge in [0, 0.05) is 0 Å². The van der Waals surface area contributed by atoms with Gasteiger partial charge in [0.15, 0.2) is 0 Å². The molecule has 0 spiro atoms. The summed E-state index contributed by atoms with van der Waals surface area (Å²) in [6, 6.07) is 2.38. The first-order valence-electron chi connectivity index (χ1n) is 4.53. The van der Waals surface area contributed by atoms with E-state index >= 15 is 0 Å². The normalized spacial score (nSPS) is 15.2. The zero-order chi connectivity index (χ0) is 7.84. The Labute approximate surface area is 89.6 Å². The fourth-order valence-corrected chi connectivity index (χ4v) is 2.12. The van der Waals surface area contributed by atoms with E-state index in [2.05, 4.69) is 19.9 Å². The third-order valence-corrected chi connectivity index (χ3v) is 2.95. The van der Waals surface area contributed by atoms with Gasteiger partial charge in [0.05, 0.1) is 0 Å². The molecule has 1 aromatic carbocycles. The van der Waals surface area contributed by atoms with Gasteiger partial charge in [0.2, 0.25) is 0 Å². The minimum absolute atomic E-state index is 0. The molecule has 1 aliphatic rings. The maximum absolute atomic E-state index is 2.38. The van der Waals surface area contributed by atoms with Crippen LogP contribution in [0.4, 0.5) is 0 Å². The summed E-state index contributed by atoms with van der Waals surface area (Å²) in [5, 5.41) is 0. The van der Waals surface area contributed by atoms with Gasteiger partial charge in [-0.2, -0.15) is 22.3 Å². The molecule has 1 aliphatic carbocycles. The fraction of sp³-hybridized carbons (Fsp3) is 0.545. The molecule has 12 heavy (non-hydrogen) atoms. The third-order valence-electron chi connectivity index (χ3n) is 2.95. The third kappa shape index (κ3) is 1.55. The average molecular weight is 195 g/mol. The molecule has 1 aromatic rings. The Kier molecular flexibility index (Phi) is 3.25. The van der Waals surface area contributed by atoms with E-state index in [1.165, 1.54) is 31.2 Å². The van der Waals surface area contributed by atoms with Crippen LogP contribution >= 0.6 is 0 Å². The molecule has 0 heterocycles. The van der Waals surface area contributed by atoms with Crippen molar-refractivity contribution < 1.29 is 21.7 Å². The summed E-state index contributed by atoms with van der Waals surface area (Å²) in [6.45, 7) is 4.49. The quantitative estimate of drug-likeness (QED) is 0.441. The van der Waals surface area contributed by atoms with Crippen molar-refractivity contribution in [1.29, 1.82) is 0 Å². The van der Waals surface area contributed by atoms with Crippen LogP contribution in [0.5, 0.6) is 0 Å². The Morgan fingerprint density at radius 2 is 1.92 bits per heavy atom. The van der Waals surface area contributed by atoms with Crippen molar-refractivity contribution in [2.24, 2.45) is 0 Å². The molecular formula is C11H15Ti+. The van der Waals surface area contributed by atoms with Crippen LogP contribution in [-0.4, -0.2) is 0 Å². The second-order valence-corrected chi connectivity index (χ2v) is 3.66. The summed E-state index contributed by atoms with van der Waals surface area (Å²) in [4.78, 5) is 0. The summed E-state index contributed by atoms with van der Waals surface area (Å²) < 4.78 is 0. The predicted molar refractivity (Wildman–Crippen MR) is 48.2 cm³/mol. The minimum Gasteiger partial charge on any atom is -0.207 e. The van der Waals surface area contributed by atoms with Gasteiger partial charge >= 0.3 is 21.7 Å². The molecule has 0 fully saturated rings. The molecule has 2 rings (SSSR count). The molecule has 0 aromatic heterocycles. The Morgan fingerprint density at radius 3 is 2.58 bits per heavy atom. The first-order valence-corrected chi connectivity index (χ1v) is 4.53.